The summed E-state index contributed by atoms with van der Waals surface area (Å²) in [5, 5.41) is 2.96. The van der Waals surface area contributed by atoms with Crippen molar-refractivity contribution in [1.29, 1.82) is 0 Å². The molecule has 1 aliphatic rings. The third-order valence-corrected chi connectivity index (χ3v) is 4.54. The maximum atomic E-state index is 12.8. The van der Waals surface area contributed by atoms with Crippen molar-refractivity contribution >= 4 is 11.8 Å². The Morgan fingerprint density at radius 2 is 1.44 bits per heavy atom. The van der Waals surface area contributed by atoms with Gasteiger partial charge in [0.1, 0.15) is 6.04 Å². The van der Waals surface area contributed by atoms with Crippen LogP contribution in [0, 0.1) is 0 Å². The fraction of sp³-hybridized carbons (Fsp3) is 0.333. The third-order valence-electron chi connectivity index (χ3n) is 4.54. The van der Waals surface area contributed by atoms with Crippen molar-refractivity contribution in [2.75, 3.05) is 13.1 Å². The molecular weight excluding hydrogens is 312 g/mol. The van der Waals surface area contributed by atoms with Crippen LogP contribution in [0.4, 0.5) is 0 Å². The van der Waals surface area contributed by atoms with E-state index in [1.807, 2.05) is 65.6 Å². The van der Waals surface area contributed by atoms with Crippen LogP contribution in [0.15, 0.2) is 60.7 Å². The van der Waals surface area contributed by atoms with Gasteiger partial charge in [-0.05, 0) is 24.0 Å². The van der Waals surface area contributed by atoms with Crippen molar-refractivity contribution in [2.24, 2.45) is 0 Å². The number of rotatable bonds is 6. The third kappa shape index (κ3) is 4.92. The van der Waals surface area contributed by atoms with E-state index in [1.165, 1.54) is 0 Å². The molecule has 0 radical (unpaired) electrons. The summed E-state index contributed by atoms with van der Waals surface area (Å²) in [6.07, 6.45) is 2.90. The van der Waals surface area contributed by atoms with E-state index in [9.17, 15) is 9.59 Å². The minimum absolute atomic E-state index is 0.0303. The van der Waals surface area contributed by atoms with E-state index in [0.29, 0.717) is 12.8 Å². The highest BCUT2D eigenvalue weighted by Gasteiger charge is 2.27. The number of nitrogens with zero attached hydrogens (tertiary/aromatic N) is 1. The Kier molecular flexibility index (Phi) is 5.83. The molecule has 0 aromatic heterocycles. The lowest BCUT2D eigenvalue weighted by Crippen LogP contribution is -2.49. The molecular formula is C21H24N2O2. The van der Waals surface area contributed by atoms with Crippen LogP contribution >= 0.6 is 0 Å². The molecule has 0 spiro atoms. The molecule has 0 aliphatic carbocycles. The molecule has 2 aromatic carbocycles. The number of likely N-dealkylation sites (tertiary alicyclic amines) is 1. The van der Waals surface area contributed by atoms with E-state index in [-0.39, 0.29) is 11.8 Å². The first-order valence-electron chi connectivity index (χ1n) is 8.88. The second-order valence-electron chi connectivity index (χ2n) is 6.50. The Morgan fingerprint density at radius 3 is 2.04 bits per heavy atom. The number of carbonyl (C=O) groups is 2. The molecule has 1 aliphatic heterocycles. The van der Waals surface area contributed by atoms with Crippen LogP contribution in [0.5, 0.6) is 0 Å². The first kappa shape index (κ1) is 17.2. The molecule has 2 amide bonds. The smallest absolute Gasteiger partial charge is 0.245 e. The van der Waals surface area contributed by atoms with Gasteiger partial charge in [0.25, 0.3) is 0 Å². The van der Waals surface area contributed by atoms with Gasteiger partial charge in [-0.2, -0.15) is 0 Å². The molecule has 0 bridgehead atoms. The molecule has 0 saturated carbocycles. The molecule has 3 rings (SSSR count). The number of benzene rings is 2. The van der Waals surface area contributed by atoms with Crippen molar-refractivity contribution in [3.63, 3.8) is 0 Å². The average Bonchev–Trinajstić information content (AvgIpc) is 3.17. The normalized spacial score (nSPS) is 15.0. The maximum Gasteiger partial charge on any atom is 0.245 e. The lowest BCUT2D eigenvalue weighted by Gasteiger charge is -2.24. The van der Waals surface area contributed by atoms with Crippen molar-refractivity contribution in [2.45, 2.75) is 31.7 Å². The van der Waals surface area contributed by atoms with Crippen LogP contribution in [0.25, 0.3) is 0 Å². The van der Waals surface area contributed by atoms with Gasteiger partial charge < -0.3 is 10.2 Å². The van der Waals surface area contributed by atoms with Gasteiger partial charge in [-0.1, -0.05) is 60.7 Å². The maximum absolute atomic E-state index is 12.8. The topological polar surface area (TPSA) is 49.4 Å². The van der Waals surface area contributed by atoms with Crippen LogP contribution in [0.2, 0.25) is 0 Å². The second kappa shape index (κ2) is 8.47. The van der Waals surface area contributed by atoms with E-state index in [4.69, 9.17) is 0 Å². The van der Waals surface area contributed by atoms with Gasteiger partial charge in [-0.15, -0.1) is 0 Å². The summed E-state index contributed by atoms with van der Waals surface area (Å²) in [4.78, 5) is 27.2. The van der Waals surface area contributed by atoms with Gasteiger partial charge in [-0.3, -0.25) is 9.59 Å². The van der Waals surface area contributed by atoms with E-state index >= 15 is 0 Å². The summed E-state index contributed by atoms with van der Waals surface area (Å²) in [7, 11) is 0. The molecule has 1 saturated heterocycles. The second-order valence-corrected chi connectivity index (χ2v) is 6.50. The SMILES string of the molecule is O=C(Cc1ccccc1)N[C@@H](Cc1ccccc1)C(=O)N1CCCC1. The fourth-order valence-electron chi connectivity index (χ4n) is 3.23. The Balaban J connectivity index is 1.68. The number of nitrogens with one attached hydrogen (secondary N) is 1. The zero-order valence-corrected chi connectivity index (χ0v) is 14.4. The van der Waals surface area contributed by atoms with Crippen molar-refractivity contribution in [1.82, 2.24) is 10.2 Å². The Labute approximate surface area is 148 Å². The van der Waals surface area contributed by atoms with Crippen molar-refractivity contribution in [3.05, 3.63) is 71.8 Å². The van der Waals surface area contributed by atoms with Gasteiger partial charge >= 0.3 is 0 Å². The monoisotopic (exact) mass is 336 g/mol. The minimum Gasteiger partial charge on any atom is -0.344 e. The average molecular weight is 336 g/mol. The highest BCUT2D eigenvalue weighted by molar-refractivity contribution is 5.88. The predicted octanol–water partition coefficient (Wildman–Crippen LogP) is 2.58. The summed E-state index contributed by atoms with van der Waals surface area (Å²) >= 11 is 0. The van der Waals surface area contributed by atoms with E-state index in [1.54, 1.807) is 0 Å². The molecule has 0 unspecified atom stereocenters. The zero-order chi connectivity index (χ0) is 17.5. The Hall–Kier alpha value is -2.62. The largest absolute Gasteiger partial charge is 0.344 e. The van der Waals surface area contributed by atoms with Crippen molar-refractivity contribution in [3.8, 4) is 0 Å². The number of amides is 2. The molecule has 2 aromatic rings. The van der Waals surface area contributed by atoms with E-state index in [0.717, 1.165) is 37.1 Å². The van der Waals surface area contributed by atoms with Gasteiger partial charge in [-0.25, -0.2) is 0 Å². The van der Waals surface area contributed by atoms with Crippen LogP contribution < -0.4 is 5.32 Å². The predicted molar refractivity (Wildman–Crippen MR) is 98.0 cm³/mol. The highest BCUT2D eigenvalue weighted by atomic mass is 16.2. The van der Waals surface area contributed by atoms with Crippen LogP contribution in [-0.2, 0) is 22.4 Å². The molecule has 4 nitrogen and oxygen atoms in total. The van der Waals surface area contributed by atoms with E-state index < -0.39 is 6.04 Å². The first-order valence-corrected chi connectivity index (χ1v) is 8.88. The lowest BCUT2D eigenvalue weighted by molar-refractivity contribution is -0.135. The van der Waals surface area contributed by atoms with Gasteiger partial charge in [0, 0.05) is 19.5 Å². The Bertz CT molecular complexity index is 694. The molecule has 4 heteroatoms. The summed E-state index contributed by atoms with van der Waals surface area (Å²) in [6, 6.07) is 19.0. The van der Waals surface area contributed by atoms with Crippen LogP contribution in [0.1, 0.15) is 24.0 Å². The summed E-state index contributed by atoms with van der Waals surface area (Å²) < 4.78 is 0. The summed E-state index contributed by atoms with van der Waals surface area (Å²) in [6.45, 7) is 1.58. The lowest BCUT2D eigenvalue weighted by atomic mass is 10.0. The fourth-order valence-corrected chi connectivity index (χ4v) is 3.23. The molecule has 1 N–H and O–H groups in total. The molecule has 1 fully saturated rings. The highest BCUT2D eigenvalue weighted by Crippen LogP contribution is 2.12. The van der Waals surface area contributed by atoms with Crippen molar-refractivity contribution < 1.29 is 9.59 Å². The number of hydrogen-bond donors (Lipinski definition) is 1. The summed E-state index contributed by atoms with van der Waals surface area (Å²) in [5.41, 5.74) is 2.01. The molecule has 1 atom stereocenters. The Morgan fingerprint density at radius 1 is 0.880 bits per heavy atom. The van der Waals surface area contributed by atoms with Gasteiger partial charge in [0.2, 0.25) is 11.8 Å². The minimum atomic E-state index is -0.503. The molecule has 1 heterocycles. The standard InChI is InChI=1S/C21H24N2O2/c24-20(16-18-11-5-2-6-12-18)22-19(15-17-9-3-1-4-10-17)21(25)23-13-7-8-14-23/h1-6,9-12,19H,7-8,13-16H2,(H,22,24)/t19-/m0/s1. The van der Waals surface area contributed by atoms with E-state index in [2.05, 4.69) is 5.32 Å². The van der Waals surface area contributed by atoms with Crippen LogP contribution in [-0.4, -0.2) is 35.8 Å². The van der Waals surface area contributed by atoms with Crippen LogP contribution in [0.3, 0.4) is 0 Å². The number of hydrogen-bond acceptors (Lipinski definition) is 2. The molecule has 25 heavy (non-hydrogen) atoms. The summed E-state index contributed by atoms with van der Waals surface area (Å²) in [5.74, 6) is -0.0811. The molecule has 130 valence electrons. The van der Waals surface area contributed by atoms with Gasteiger partial charge in [0.15, 0.2) is 0 Å². The van der Waals surface area contributed by atoms with Gasteiger partial charge in [0.05, 0.1) is 6.42 Å². The quantitative estimate of drug-likeness (QED) is 0.881. The zero-order valence-electron chi connectivity index (χ0n) is 14.4. The first-order chi connectivity index (χ1) is 12.2. The number of carbonyl (C=O) groups excluding carboxylic acids is 2.